The number of anilines is 2. The summed E-state index contributed by atoms with van der Waals surface area (Å²) in [6.45, 7) is 2.28. The van der Waals surface area contributed by atoms with Crippen molar-refractivity contribution in [2.45, 2.75) is 0 Å². The average Bonchev–Trinajstić information content (AvgIpc) is 2.63. The van der Waals surface area contributed by atoms with E-state index >= 15 is 0 Å². The first-order valence-electron chi connectivity index (χ1n) is 7.50. The van der Waals surface area contributed by atoms with Crippen LogP contribution in [-0.2, 0) is 4.74 Å². The van der Waals surface area contributed by atoms with Crippen molar-refractivity contribution in [3.63, 3.8) is 0 Å². The van der Waals surface area contributed by atoms with Crippen molar-refractivity contribution in [2.24, 2.45) is 0 Å². The van der Waals surface area contributed by atoms with Gasteiger partial charge in [-0.3, -0.25) is 9.59 Å². The second kappa shape index (κ2) is 7.05. The zero-order valence-corrected chi connectivity index (χ0v) is 12.9. The van der Waals surface area contributed by atoms with Gasteiger partial charge in [0.15, 0.2) is 11.5 Å². The van der Waals surface area contributed by atoms with Crippen LogP contribution in [0.4, 0.5) is 11.5 Å². The molecule has 0 radical (unpaired) electrons. The Labute approximate surface area is 138 Å². The van der Waals surface area contributed by atoms with Gasteiger partial charge in [0.05, 0.1) is 13.2 Å². The largest absolute Gasteiger partial charge is 0.382 e. The van der Waals surface area contributed by atoms with Crippen LogP contribution in [0.15, 0.2) is 36.7 Å². The zero-order chi connectivity index (χ0) is 16.9. The zero-order valence-electron chi connectivity index (χ0n) is 12.9. The fourth-order valence-corrected chi connectivity index (χ4v) is 2.36. The van der Waals surface area contributed by atoms with Crippen LogP contribution in [0, 0.1) is 0 Å². The number of amides is 2. The van der Waals surface area contributed by atoms with Gasteiger partial charge in [0.25, 0.3) is 11.8 Å². The number of benzene rings is 1. The van der Waals surface area contributed by atoms with Gasteiger partial charge in [-0.2, -0.15) is 0 Å². The number of hydrogen-bond acceptors (Lipinski definition) is 6. The molecular formula is C16H17N5O3. The summed E-state index contributed by atoms with van der Waals surface area (Å²) >= 11 is 0. The summed E-state index contributed by atoms with van der Waals surface area (Å²) in [4.78, 5) is 33.9. The van der Waals surface area contributed by atoms with Gasteiger partial charge in [-0.25, -0.2) is 9.97 Å². The SMILES string of the molecule is Nc1nccnc1C(=O)Nc1ccc(C(=O)N2CCOCC2)cc1. The lowest BCUT2D eigenvalue weighted by atomic mass is 10.1. The third-order valence-electron chi connectivity index (χ3n) is 3.63. The first-order valence-corrected chi connectivity index (χ1v) is 7.50. The van der Waals surface area contributed by atoms with Crippen LogP contribution in [0.1, 0.15) is 20.8 Å². The molecule has 1 fully saturated rings. The number of rotatable bonds is 3. The number of morpholine rings is 1. The number of hydrogen-bond donors (Lipinski definition) is 2. The van der Waals surface area contributed by atoms with Crippen LogP contribution in [0.3, 0.4) is 0 Å². The second-order valence-corrected chi connectivity index (χ2v) is 5.23. The monoisotopic (exact) mass is 327 g/mol. The Balaban J connectivity index is 1.67. The molecule has 0 aliphatic carbocycles. The summed E-state index contributed by atoms with van der Waals surface area (Å²) in [5.41, 5.74) is 6.80. The third-order valence-corrected chi connectivity index (χ3v) is 3.63. The van der Waals surface area contributed by atoms with E-state index in [4.69, 9.17) is 10.5 Å². The number of nitrogens with two attached hydrogens (primary N) is 1. The first kappa shape index (κ1) is 15.9. The maximum absolute atomic E-state index is 12.3. The Morgan fingerprint density at radius 3 is 2.42 bits per heavy atom. The van der Waals surface area contributed by atoms with Crippen molar-refractivity contribution in [3.05, 3.63) is 47.9 Å². The predicted octanol–water partition coefficient (Wildman–Crippen LogP) is 0.783. The molecule has 0 bridgehead atoms. The Morgan fingerprint density at radius 2 is 1.75 bits per heavy atom. The van der Waals surface area contributed by atoms with Crippen LogP contribution in [0.25, 0.3) is 0 Å². The van der Waals surface area contributed by atoms with Gasteiger partial charge in [0, 0.05) is 36.7 Å². The lowest BCUT2D eigenvalue weighted by Crippen LogP contribution is -2.40. The molecule has 1 aromatic carbocycles. The topological polar surface area (TPSA) is 110 Å². The van der Waals surface area contributed by atoms with Gasteiger partial charge in [-0.15, -0.1) is 0 Å². The van der Waals surface area contributed by atoms with Crippen LogP contribution < -0.4 is 11.1 Å². The molecule has 1 aliphatic rings. The molecule has 1 aliphatic heterocycles. The van der Waals surface area contributed by atoms with Crippen LogP contribution in [0.2, 0.25) is 0 Å². The Morgan fingerprint density at radius 1 is 1.08 bits per heavy atom. The molecule has 2 aromatic rings. The second-order valence-electron chi connectivity index (χ2n) is 5.23. The molecule has 8 heteroatoms. The van der Waals surface area contributed by atoms with Crippen LogP contribution >= 0.6 is 0 Å². The van der Waals surface area contributed by atoms with E-state index in [0.717, 1.165) is 0 Å². The van der Waals surface area contributed by atoms with Gasteiger partial charge >= 0.3 is 0 Å². The molecule has 2 heterocycles. The molecule has 1 saturated heterocycles. The maximum atomic E-state index is 12.3. The summed E-state index contributed by atoms with van der Waals surface area (Å²) in [6, 6.07) is 6.68. The average molecular weight is 327 g/mol. The standard InChI is InChI=1S/C16H17N5O3/c17-14-13(18-5-6-19-14)15(22)20-12-3-1-11(2-4-12)16(23)21-7-9-24-10-8-21/h1-6H,7-10H2,(H2,17,19)(H,20,22). The number of ether oxygens (including phenoxy) is 1. The molecular weight excluding hydrogens is 310 g/mol. The molecule has 0 saturated carbocycles. The molecule has 2 amide bonds. The van der Waals surface area contributed by atoms with Crippen molar-refractivity contribution in [3.8, 4) is 0 Å². The molecule has 0 atom stereocenters. The molecule has 3 rings (SSSR count). The summed E-state index contributed by atoms with van der Waals surface area (Å²) in [5.74, 6) is -0.434. The smallest absolute Gasteiger partial charge is 0.278 e. The van der Waals surface area contributed by atoms with Gasteiger partial charge in [-0.1, -0.05) is 0 Å². The van der Waals surface area contributed by atoms with E-state index in [1.165, 1.54) is 12.4 Å². The fraction of sp³-hybridized carbons (Fsp3) is 0.250. The van der Waals surface area contributed by atoms with Crippen LogP contribution in [-0.4, -0.2) is 53.0 Å². The fourth-order valence-electron chi connectivity index (χ4n) is 2.36. The van der Waals surface area contributed by atoms with E-state index in [9.17, 15) is 9.59 Å². The van der Waals surface area contributed by atoms with E-state index < -0.39 is 5.91 Å². The Bertz CT molecular complexity index is 742. The van der Waals surface area contributed by atoms with E-state index in [0.29, 0.717) is 37.6 Å². The summed E-state index contributed by atoms with van der Waals surface area (Å²) in [7, 11) is 0. The lowest BCUT2D eigenvalue weighted by molar-refractivity contribution is 0.0303. The van der Waals surface area contributed by atoms with Crippen LogP contribution in [0.5, 0.6) is 0 Å². The number of nitrogens with zero attached hydrogens (tertiary/aromatic N) is 3. The highest BCUT2D eigenvalue weighted by Gasteiger charge is 2.18. The maximum Gasteiger partial charge on any atom is 0.278 e. The van der Waals surface area contributed by atoms with E-state index in [-0.39, 0.29) is 17.4 Å². The highest BCUT2D eigenvalue weighted by atomic mass is 16.5. The number of carbonyl (C=O) groups is 2. The highest BCUT2D eigenvalue weighted by molar-refractivity contribution is 6.05. The molecule has 124 valence electrons. The summed E-state index contributed by atoms with van der Waals surface area (Å²) in [6.07, 6.45) is 2.81. The molecule has 24 heavy (non-hydrogen) atoms. The quantitative estimate of drug-likeness (QED) is 0.862. The van der Waals surface area contributed by atoms with Crippen molar-refractivity contribution in [1.82, 2.24) is 14.9 Å². The number of nitrogens with one attached hydrogen (secondary N) is 1. The number of carbonyl (C=O) groups excluding carboxylic acids is 2. The molecule has 3 N–H and O–H groups in total. The summed E-state index contributed by atoms with van der Waals surface area (Å²) in [5, 5.41) is 2.68. The lowest BCUT2D eigenvalue weighted by Gasteiger charge is -2.26. The third kappa shape index (κ3) is 3.49. The molecule has 8 nitrogen and oxygen atoms in total. The van der Waals surface area contributed by atoms with Gasteiger partial charge in [-0.05, 0) is 24.3 Å². The van der Waals surface area contributed by atoms with Crippen molar-refractivity contribution in [1.29, 1.82) is 0 Å². The Kier molecular flexibility index (Phi) is 4.66. The highest BCUT2D eigenvalue weighted by Crippen LogP contribution is 2.14. The summed E-state index contributed by atoms with van der Waals surface area (Å²) < 4.78 is 5.24. The minimum atomic E-state index is -0.451. The van der Waals surface area contributed by atoms with Gasteiger partial charge < -0.3 is 20.7 Å². The molecule has 1 aromatic heterocycles. The van der Waals surface area contributed by atoms with Gasteiger partial charge in [0.2, 0.25) is 0 Å². The predicted molar refractivity (Wildman–Crippen MR) is 87.6 cm³/mol. The number of aromatic nitrogens is 2. The van der Waals surface area contributed by atoms with E-state index in [1.807, 2.05) is 0 Å². The van der Waals surface area contributed by atoms with Crippen molar-refractivity contribution >= 4 is 23.3 Å². The van der Waals surface area contributed by atoms with E-state index in [1.54, 1.807) is 29.2 Å². The minimum Gasteiger partial charge on any atom is -0.382 e. The first-order chi connectivity index (χ1) is 11.6. The van der Waals surface area contributed by atoms with Gasteiger partial charge in [0.1, 0.15) is 0 Å². The molecule has 0 spiro atoms. The minimum absolute atomic E-state index is 0.0469. The number of nitrogen functional groups attached to an aromatic ring is 1. The van der Waals surface area contributed by atoms with E-state index in [2.05, 4.69) is 15.3 Å². The van der Waals surface area contributed by atoms with Crippen molar-refractivity contribution < 1.29 is 14.3 Å². The Hall–Kier alpha value is -3.00. The molecule has 0 unspecified atom stereocenters. The normalized spacial score (nSPS) is 14.2. The van der Waals surface area contributed by atoms with Crippen molar-refractivity contribution in [2.75, 3.05) is 37.4 Å².